The summed E-state index contributed by atoms with van der Waals surface area (Å²) in [5.41, 5.74) is 0. The van der Waals surface area contributed by atoms with Crippen LogP contribution in [-0.4, -0.2) is 20.2 Å². The fourth-order valence-corrected chi connectivity index (χ4v) is 1.01. The number of carbonyl (C=O) groups excluding carboxylic acids is 1. The summed E-state index contributed by atoms with van der Waals surface area (Å²) in [5, 5.41) is 0. The van der Waals surface area contributed by atoms with E-state index in [0.29, 0.717) is 0 Å². The van der Waals surface area contributed by atoms with Crippen LogP contribution in [0.25, 0.3) is 0 Å². The van der Waals surface area contributed by atoms with E-state index in [1.165, 1.54) is 26.0 Å². The summed E-state index contributed by atoms with van der Waals surface area (Å²) >= 11 is 0. The highest BCUT2D eigenvalue weighted by Gasteiger charge is 2.23. The van der Waals surface area contributed by atoms with Gasteiger partial charge in [-0.3, -0.25) is 0 Å². The number of ether oxygens (including phenoxy) is 1. The first-order chi connectivity index (χ1) is 5.87. The molecule has 0 aromatic rings. The van der Waals surface area contributed by atoms with Gasteiger partial charge in [0.1, 0.15) is 0 Å². The van der Waals surface area contributed by atoms with Gasteiger partial charge in [0.25, 0.3) is 11.0 Å². The third-order valence-electron chi connectivity index (χ3n) is 0.944. The van der Waals surface area contributed by atoms with Crippen molar-refractivity contribution in [3.05, 3.63) is 12.2 Å². The summed E-state index contributed by atoms with van der Waals surface area (Å²) in [6, 6.07) is 0. The van der Waals surface area contributed by atoms with Crippen LogP contribution in [0, 0.1) is 0 Å². The Morgan fingerprint density at radius 3 is 2.31 bits per heavy atom. The molecule has 0 fully saturated rings. The molecule has 5 nitrogen and oxygen atoms in total. The van der Waals surface area contributed by atoms with Crippen molar-refractivity contribution in [2.24, 2.45) is 0 Å². The molecular formula is C7H12O5S. The molecule has 6 heteroatoms. The van der Waals surface area contributed by atoms with E-state index < -0.39 is 22.7 Å². The molecule has 76 valence electrons. The first-order valence-corrected chi connectivity index (χ1v) is 4.66. The Bertz CT molecular complexity index is 269. The number of rotatable bonds is 4. The van der Waals surface area contributed by atoms with Crippen molar-refractivity contribution >= 4 is 17.0 Å². The second-order valence-corrected chi connectivity index (χ2v) is 3.27. The molecule has 0 N–H and O–H groups in total. The normalized spacial score (nSPS) is 12.3. The smallest absolute Gasteiger partial charge is 0.332 e. The average Bonchev–Trinajstić information content (AvgIpc) is 1.81. The summed E-state index contributed by atoms with van der Waals surface area (Å²) in [6.45, 7) is 4.31. The molecule has 0 bridgehead atoms. The monoisotopic (exact) mass is 208 g/mol. The zero-order chi connectivity index (χ0) is 10.5. The van der Waals surface area contributed by atoms with Gasteiger partial charge in [-0.15, -0.1) is 0 Å². The predicted octanol–water partition coefficient (Wildman–Crippen LogP) is 0.385. The van der Waals surface area contributed by atoms with Crippen LogP contribution < -0.4 is 0 Å². The van der Waals surface area contributed by atoms with E-state index in [2.05, 4.69) is 8.92 Å². The van der Waals surface area contributed by atoms with Crippen molar-refractivity contribution in [3.63, 3.8) is 0 Å². The molecule has 0 aromatic heterocycles. The number of hydrogen-bond acceptors (Lipinski definition) is 5. The molecule has 0 heterocycles. The van der Waals surface area contributed by atoms with Gasteiger partial charge < -0.3 is 4.74 Å². The van der Waals surface area contributed by atoms with Crippen molar-refractivity contribution < 1.29 is 22.1 Å². The van der Waals surface area contributed by atoms with E-state index in [1.54, 1.807) is 6.92 Å². The summed E-state index contributed by atoms with van der Waals surface area (Å²) < 4.78 is 29.3. The highest BCUT2D eigenvalue weighted by molar-refractivity contribution is 7.67. The van der Waals surface area contributed by atoms with Crippen LogP contribution in [-0.2, 0) is 24.7 Å². The van der Waals surface area contributed by atoms with Crippen LogP contribution in [0.3, 0.4) is 0 Å². The van der Waals surface area contributed by atoms with Crippen molar-refractivity contribution in [1.29, 1.82) is 0 Å². The maximum atomic E-state index is 10.9. The van der Waals surface area contributed by atoms with Crippen LogP contribution in [0.1, 0.15) is 20.8 Å². The van der Waals surface area contributed by atoms with Gasteiger partial charge in [-0.25, -0.2) is 17.4 Å². The fraction of sp³-hybridized carbons (Fsp3) is 0.571. The molecule has 0 rings (SSSR count). The average molecular weight is 208 g/mol. The van der Waals surface area contributed by atoms with Gasteiger partial charge in [-0.1, -0.05) is 6.08 Å². The minimum Gasteiger partial charge on any atom is -0.429 e. The van der Waals surface area contributed by atoms with E-state index in [9.17, 15) is 13.2 Å². The molecule has 0 saturated heterocycles. The zero-order valence-corrected chi connectivity index (χ0v) is 8.54. The second kappa shape index (κ2) is 4.98. The minimum absolute atomic E-state index is 0.649. The molecule has 13 heavy (non-hydrogen) atoms. The Balaban J connectivity index is 4.24. The van der Waals surface area contributed by atoms with Crippen LogP contribution in [0.4, 0.5) is 0 Å². The van der Waals surface area contributed by atoms with E-state index >= 15 is 0 Å². The molecule has 0 saturated carbocycles. The highest BCUT2D eigenvalue weighted by Crippen LogP contribution is 2.11. The van der Waals surface area contributed by atoms with Gasteiger partial charge in [0, 0.05) is 19.9 Å². The molecule has 0 aliphatic carbocycles. The first-order valence-electron chi connectivity index (χ1n) is 3.56. The van der Waals surface area contributed by atoms with Gasteiger partial charge in [0.2, 0.25) is 5.79 Å². The Morgan fingerprint density at radius 2 is 1.92 bits per heavy atom. The SMILES string of the molecule is CC=CC(=O)OC(C)(C)O[SH](=O)=O. The van der Waals surface area contributed by atoms with Crippen LogP contribution in [0.15, 0.2) is 12.2 Å². The number of esters is 1. The Kier molecular flexibility index (Phi) is 4.64. The van der Waals surface area contributed by atoms with Crippen LogP contribution in [0.2, 0.25) is 0 Å². The molecule has 0 aliphatic heterocycles. The summed E-state index contributed by atoms with van der Waals surface area (Å²) in [4.78, 5) is 10.9. The number of carbonyl (C=O) groups is 1. The molecule has 0 radical (unpaired) electrons. The Labute approximate surface area is 78.5 Å². The minimum atomic E-state index is -3.03. The maximum absolute atomic E-state index is 10.9. The molecule has 0 amide bonds. The van der Waals surface area contributed by atoms with Gasteiger partial charge in [-0.05, 0) is 6.92 Å². The third kappa shape index (κ3) is 6.30. The first kappa shape index (κ1) is 12.1. The van der Waals surface area contributed by atoms with E-state index in [1.807, 2.05) is 0 Å². The number of thiol groups is 1. The molecular weight excluding hydrogens is 196 g/mol. The van der Waals surface area contributed by atoms with Crippen molar-refractivity contribution in [3.8, 4) is 0 Å². The van der Waals surface area contributed by atoms with Crippen LogP contribution in [0.5, 0.6) is 0 Å². The van der Waals surface area contributed by atoms with Crippen molar-refractivity contribution in [2.45, 2.75) is 26.6 Å². The van der Waals surface area contributed by atoms with Crippen molar-refractivity contribution in [2.75, 3.05) is 0 Å². The van der Waals surface area contributed by atoms with Gasteiger partial charge >= 0.3 is 5.97 Å². The predicted molar refractivity (Wildman–Crippen MR) is 46.4 cm³/mol. The lowest BCUT2D eigenvalue weighted by Gasteiger charge is -2.20. The largest absolute Gasteiger partial charge is 0.429 e. The van der Waals surface area contributed by atoms with Crippen molar-refractivity contribution in [1.82, 2.24) is 0 Å². The number of hydrogen-bond donors (Lipinski definition) is 1. The molecule has 0 aromatic carbocycles. The summed E-state index contributed by atoms with van der Waals surface area (Å²) in [7, 11) is -3.03. The lowest BCUT2D eigenvalue weighted by molar-refractivity contribution is -0.178. The third-order valence-corrected chi connectivity index (χ3v) is 1.53. The highest BCUT2D eigenvalue weighted by atomic mass is 32.2. The summed E-state index contributed by atoms with van der Waals surface area (Å²) in [6.07, 6.45) is 2.65. The zero-order valence-electron chi connectivity index (χ0n) is 7.64. The van der Waals surface area contributed by atoms with E-state index in [-0.39, 0.29) is 0 Å². The van der Waals surface area contributed by atoms with Gasteiger partial charge in [-0.2, -0.15) is 0 Å². The lowest BCUT2D eigenvalue weighted by atomic mass is 10.4. The number of allylic oxidation sites excluding steroid dienone is 1. The molecule has 0 unspecified atom stereocenters. The standard InChI is InChI=1S/C7H12O5S/c1-4-5-6(8)11-7(2,3)12-13(9)10/h4-5,13H,1-3H3. The molecule has 0 atom stereocenters. The molecule has 0 aliphatic rings. The summed E-state index contributed by atoms with van der Waals surface area (Å²) in [5.74, 6) is -2.10. The fourth-order valence-electron chi connectivity index (χ4n) is 0.610. The van der Waals surface area contributed by atoms with Crippen LogP contribution >= 0.6 is 0 Å². The van der Waals surface area contributed by atoms with E-state index in [4.69, 9.17) is 0 Å². The maximum Gasteiger partial charge on any atom is 0.332 e. The quantitative estimate of drug-likeness (QED) is 0.313. The Hall–Kier alpha value is -0.880. The van der Waals surface area contributed by atoms with E-state index in [0.717, 1.165) is 0 Å². The molecule has 0 spiro atoms. The lowest BCUT2D eigenvalue weighted by Crippen LogP contribution is -2.30. The van der Waals surface area contributed by atoms with Gasteiger partial charge in [0.15, 0.2) is 0 Å². The van der Waals surface area contributed by atoms with Gasteiger partial charge in [0.05, 0.1) is 0 Å². The second-order valence-electron chi connectivity index (χ2n) is 2.64. The topological polar surface area (TPSA) is 69.7 Å². The Morgan fingerprint density at radius 1 is 1.38 bits per heavy atom.